The largest absolute Gasteiger partial charge is 0.408 e. The molecule has 0 fully saturated rings. The van der Waals surface area contributed by atoms with Gasteiger partial charge >= 0.3 is 8.16 Å². The van der Waals surface area contributed by atoms with Gasteiger partial charge in [-0.2, -0.15) is 0 Å². The molecule has 0 saturated heterocycles. The smallest absolute Gasteiger partial charge is 0.309 e. The van der Waals surface area contributed by atoms with Crippen molar-refractivity contribution in [1.29, 1.82) is 0 Å². The van der Waals surface area contributed by atoms with E-state index in [1.807, 2.05) is 60.7 Å². The van der Waals surface area contributed by atoms with Gasteiger partial charge in [0, 0.05) is 29.9 Å². The molecule has 186 valence electrons. The molecule has 0 atom stereocenters. The lowest BCUT2D eigenvalue weighted by Crippen LogP contribution is -2.17. The minimum atomic E-state index is -2.20. The first-order valence-corrected chi connectivity index (χ1v) is 12.4. The Bertz CT molecular complexity index is 1780. The van der Waals surface area contributed by atoms with Crippen molar-refractivity contribution in [2.24, 2.45) is 0 Å². The van der Waals surface area contributed by atoms with Crippen molar-refractivity contribution in [3.05, 3.63) is 107 Å². The Morgan fingerprint density at radius 3 is 1.51 bits per heavy atom. The van der Waals surface area contributed by atoms with Crippen LogP contribution in [0.2, 0.25) is 0 Å². The molecule has 0 bridgehead atoms. The quantitative estimate of drug-likeness (QED) is 0.131. The van der Waals surface area contributed by atoms with E-state index in [1.165, 1.54) is 11.7 Å². The van der Waals surface area contributed by atoms with Crippen molar-refractivity contribution in [3.8, 4) is 0 Å². The summed E-state index contributed by atoms with van der Waals surface area (Å²) in [6.07, 6.45) is 0. The third-order valence-corrected chi connectivity index (χ3v) is 7.76. The van der Waals surface area contributed by atoms with E-state index < -0.39 is 49.4 Å². The molecule has 0 saturated carbocycles. The van der Waals surface area contributed by atoms with Gasteiger partial charge in [-0.3, -0.25) is 0 Å². The van der Waals surface area contributed by atoms with Crippen molar-refractivity contribution in [3.63, 3.8) is 0 Å². The van der Waals surface area contributed by atoms with Gasteiger partial charge < -0.3 is 8.39 Å². The SMILES string of the molecule is CN(Cc1c(F)c(F)c(F)c(F)c1F)p1oc2ccc3ccccc3c2c2c(ccc3ccccc32)o1. The van der Waals surface area contributed by atoms with Crippen LogP contribution in [-0.4, -0.2) is 7.05 Å². The third-order valence-electron chi connectivity index (χ3n) is 6.35. The second kappa shape index (κ2) is 8.91. The van der Waals surface area contributed by atoms with Crippen molar-refractivity contribution < 1.29 is 30.3 Å². The van der Waals surface area contributed by atoms with Crippen molar-refractivity contribution in [1.82, 2.24) is 0 Å². The Morgan fingerprint density at radius 2 is 1.03 bits per heavy atom. The van der Waals surface area contributed by atoms with Gasteiger partial charge in [-0.05, 0) is 33.7 Å². The maximum absolute atomic E-state index is 14.4. The van der Waals surface area contributed by atoms with Crippen molar-refractivity contribution in [2.75, 3.05) is 11.7 Å². The molecule has 0 N–H and O–H groups in total. The molecule has 5 aromatic carbocycles. The zero-order valence-corrected chi connectivity index (χ0v) is 20.1. The fourth-order valence-electron chi connectivity index (χ4n) is 4.57. The van der Waals surface area contributed by atoms with Gasteiger partial charge in [-0.25, -0.2) is 26.6 Å². The van der Waals surface area contributed by atoms with Gasteiger partial charge in [-0.15, -0.1) is 0 Å². The van der Waals surface area contributed by atoms with E-state index in [4.69, 9.17) is 8.39 Å². The highest BCUT2D eigenvalue weighted by atomic mass is 31.1. The summed E-state index contributed by atoms with van der Waals surface area (Å²) in [7, 11) is -0.617. The average Bonchev–Trinajstić information content (AvgIpc) is 3.10. The molecule has 1 heterocycles. The lowest BCUT2D eigenvalue weighted by atomic mass is 9.99. The first-order valence-electron chi connectivity index (χ1n) is 11.3. The number of fused-ring (bicyclic) bond motifs is 7. The number of benzene rings is 5. The van der Waals surface area contributed by atoms with E-state index in [9.17, 15) is 22.0 Å². The van der Waals surface area contributed by atoms with Crippen LogP contribution in [0.5, 0.6) is 0 Å². The molecule has 1 aromatic heterocycles. The van der Waals surface area contributed by atoms with E-state index in [-0.39, 0.29) is 0 Å². The topological polar surface area (TPSA) is 29.5 Å². The molecule has 0 spiro atoms. The zero-order chi connectivity index (χ0) is 25.8. The molecule has 0 aliphatic heterocycles. The molecule has 0 radical (unpaired) electrons. The fourth-order valence-corrected chi connectivity index (χ4v) is 5.79. The third kappa shape index (κ3) is 3.76. The first-order chi connectivity index (χ1) is 17.8. The van der Waals surface area contributed by atoms with Crippen LogP contribution >= 0.6 is 8.16 Å². The summed E-state index contributed by atoms with van der Waals surface area (Å²) in [6, 6.07) is 22.9. The number of nitrogens with zero attached hydrogens (tertiary/aromatic N) is 1. The Balaban J connectivity index is 1.66. The molecule has 37 heavy (non-hydrogen) atoms. The molecule has 0 aliphatic rings. The summed E-state index contributed by atoms with van der Waals surface area (Å²) >= 11 is 0. The average molecular weight is 525 g/mol. The zero-order valence-electron chi connectivity index (χ0n) is 19.2. The molecular weight excluding hydrogens is 508 g/mol. The predicted octanol–water partition coefficient (Wildman–Crippen LogP) is 9.06. The lowest BCUT2D eigenvalue weighted by Gasteiger charge is -2.15. The number of hydrogen-bond acceptors (Lipinski definition) is 3. The molecule has 6 aromatic rings. The highest BCUT2D eigenvalue weighted by Crippen LogP contribution is 2.42. The normalized spacial score (nSPS) is 11.9. The molecule has 0 amide bonds. The standard InChI is InChI=1S/C28H17F5NO2P/c1-34(14-19-24(29)26(31)28(33)27(32)25(19)30)37-35-20-12-10-15-6-2-4-8-17(15)22(20)23-18-9-5-3-7-16(18)11-13-21(23)36-37/h2-13H,14H2,1H3. The fraction of sp³-hybridized carbons (Fsp3) is 0.0714. The molecule has 0 unspecified atom stereocenters. The van der Waals surface area contributed by atoms with E-state index in [0.717, 1.165) is 32.3 Å². The van der Waals surface area contributed by atoms with Gasteiger partial charge in [-0.1, -0.05) is 60.7 Å². The van der Waals surface area contributed by atoms with Gasteiger partial charge in [0.25, 0.3) is 0 Å². The summed E-state index contributed by atoms with van der Waals surface area (Å²) < 4.78 is 83.8. The lowest BCUT2D eigenvalue weighted by molar-refractivity contribution is 0.370. The summed E-state index contributed by atoms with van der Waals surface area (Å²) in [5, 5.41) is 5.37. The van der Waals surface area contributed by atoms with Crippen molar-refractivity contribution in [2.45, 2.75) is 6.54 Å². The summed E-state index contributed by atoms with van der Waals surface area (Å²) in [5.74, 6) is -9.95. The Labute approximate surface area is 207 Å². The van der Waals surface area contributed by atoms with E-state index in [1.54, 1.807) is 12.1 Å². The van der Waals surface area contributed by atoms with Gasteiger partial charge in [0.15, 0.2) is 23.3 Å². The molecule has 3 nitrogen and oxygen atoms in total. The number of rotatable bonds is 3. The maximum atomic E-state index is 14.4. The number of halogens is 5. The highest BCUT2D eigenvalue weighted by Gasteiger charge is 2.27. The molecule has 6 rings (SSSR count). The monoisotopic (exact) mass is 525 g/mol. The molecule has 9 heteroatoms. The van der Waals surface area contributed by atoms with Crippen LogP contribution in [0.25, 0.3) is 43.5 Å². The Kier molecular flexibility index (Phi) is 5.66. The maximum Gasteiger partial charge on any atom is 0.309 e. The van der Waals surface area contributed by atoms with E-state index in [2.05, 4.69) is 0 Å². The predicted molar refractivity (Wildman–Crippen MR) is 135 cm³/mol. The highest BCUT2D eigenvalue weighted by molar-refractivity contribution is 7.38. The van der Waals surface area contributed by atoms with E-state index >= 15 is 0 Å². The molecular formula is C28H17F5NO2P. The summed E-state index contributed by atoms with van der Waals surface area (Å²) in [5.41, 5.74) is -0.0105. The first kappa shape index (κ1) is 23.5. The Morgan fingerprint density at radius 1 is 0.595 bits per heavy atom. The van der Waals surface area contributed by atoms with E-state index in [0.29, 0.717) is 11.2 Å². The minimum absolute atomic E-state index is 0.476. The van der Waals surface area contributed by atoms with Gasteiger partial charge in [0.1, 0.15) is 11.2 Å². The molecule has 0 aliphatic carbocycles. The second-order valence-corrected chi connectivity index (χ2v) is 10.1. The van der Waals surface area contributed by atoms with Crippen LogP contribution in [-0.2, 0) is 6.54 Å². The van der Waals surface area contributed by atoms with Crippen molar-refractivity contribution >= 4 is 51.6 Å². The van der Waals surface area contributed by atoms with Crippen LogP contribution in [0.1, 0.15) is 5.56 Å². The van der Waals surface area contributed by atoms with Crippen LogP contribution in [0, 0.1) is 29.1 Å². The van der Waals surface area contributed by atoms with Gasteiger partial charge in [0.05, 0.1) is 0 Å². The van der Waals surface area contributed by atoms with Crippen LogP contribution in [0.15, 0.2) is 81.2 Å². The second-order valence-electron chi connectivity index (χ2n) is 8.60. The van der Waals surface area contributed by atoms with Crippen LogP contribution in [0.3, 0.4) is 0 Å². The summed E-state index contributed by atoms with van der Waals surface area (Å²) in [4.78, 5) is 0. The number of hydrogen-bond donors (Lipinski definition) is 0. The van der Waals surface area contributed by atoms with Crippen LogP contribution < -0.4 is 4.67 Å². The van der Waals surface area contributed by atoms with Crippen LogP contribution in [0.4, 0.5) is 22.0 Å². The summed E-state index contributed by atoms with van der Waals surface area (Å²) in [6.45, 7) is -0.636. The minimum Gasteiger partial charge on any atom is -0.408 e. The van der Waals surface area contributed by atoms with Gasteiger partial charge in [0.2, 0.25) is 5.82 Å². The Hall–Kier alpha value is -3.87.